The fraction of sp³-hybridized carbons (Fsp3) is 0.130. The number of carbonyl (C=O) groups excluding carboxylic acids is 1. The highest BCUT2D eigenvalue weighted by molar-refractivity contribution is 5.90. The molecule has 33 heavy (non-hydrogen) atoms. The van der Waals surface area contributed by atoms with E-state index in [0.717, 1.165) is 23.4 Å². The van der Waals surface area contributed by atoms with Crippen molar-refractivity contribution < 1.29 is 19.7 Å². The first-order valence-corrected chi connectivity index (χ1v) is 9.94. The summed E-state index contributed by atoms with van der Waals surface area (Å²) in [4.78, 5) is 33.3. The fourth-order valence-electron chi connectivity index (χ4n) is 4.07. The molecule has 0 saturated heterocycles. The zero-order chi connectivity index (χ0) is 23.6. The van der Waals surface area contributed by atoms with Crippen molar-refractivity contribution in [1.29, 1.82) is 0 Å². The van der Waals surface area contributed by atoms with E-state index < -0.39 is 38.3 Å². The van der Waals surface area contributed by atoms with Gasteiger partial charge in [-0.25, -0.2) is 5.43 Å². The second-order valence-corrected chi connectivity index (χ2v) is 7.61. The summed E-state index contributed by atoms with van der Waals surface area (Å²) in [6, 6.07) is 20.9. The highest BCUT2D eigenvalue weighted by atomic mass is 16.6. The summed E-state index contributed by atoms with van der Waals surface area (Å²) in [6.07, 6.45) is 1.51. The van der Waals surface area contributed by atoms with Gasteiger partial charge in [-0.3, -0.25) is 25.0 Å². The molecule has 1 aliphatic carbocycles. The predicted octanol–water partition coefficient (Wildman–Crippen LogP) is 3.66. The van der Waals surface area contributed by atoms with Gasteiger partial charge in [-0.2, -0.15) is 5.10 Å². The molecule has 1 unspecified atom stereocenters. The van der Waals surface area contributed by atoms with Crippen LogP contribution in [0.25, 0.3) is 0 Å². The lowest BCUT2D eigenvalue weighted by Gasteiger charge is -2.18. The topological polar surface area (TPSA) is 148 Å². The lowest BCUT2D eigenvalue weighted by molar-refractivity contribution is -0.394. The molecule has 0 bridgehead atoms. The summed E-state index contributed by atoms with van der Waals surface area (Å²) < 4.78 is 0. The van der Waals surface area contributed by atoms with Crippen LogP contribution in [0.1, 0.15) is 23.1 Å². The van der Waals surface area contributed by atoms with Crippen molar-refractivity contribution in [1.82, 2.24) is 5.43 Å². The number of hydrogen-bond donors (Lipinski definition) is 2. The number of hydrazone groups is 1. The number of nitrogens with zero attached hydrogens (tertiary/aromatic N) is 3. The quantitative estimate of drug-likeness (QED) is 0.321. The number of hydrogen-bond acceptors (Lipinski definition) is 7. The summed E-state index contributed by atoms with van der Waals surface area (Å²) in [5, 5.41) is 36.0. The second-order valence-electron chi connectivity index (χ2n) is 7.61. The van der Waals surface area contributed by atoms with Crippen molar-refractivity contribution in [2.24, 2.45) is 11.0 Å². The van der Waals surface area contributed by atoms with Crippen LogP contribution >= 0.6 is 0 Å². The lowest BCUT2D eigenvalue weighted by Crippen LogP contribution is -2.25. The maximum absolute atomic E-state index is 12.9. The molecule has 1 amide bonds. The smallest absolute Gasteiger partial charge is 0.318 e. The zero-order valence-electron chi connectivity index (χ0n) is 17.1. The van der Waals surface area contributed by atoms with Crippen LogP contribution in [-0.4, -0.2) is 27.1 Å². The normalized spacial score (nSPS) is 16.3. The van der Waals surface area contributed by atoms with E-state index in [1.807, 2.05) is 60.7 Å². The van der Waals surface area contributed by atoms with E-state index in [0.29, 0.717) is 12.5 Å². The molecule has 0 heterocycles. The van der Waals surface area contributed by atoms with Crippen LogP contribution in [0.2, 0.25) is 0 Å². The Hall–Kier alpha value is -4.60. The molecule has 3 aromatic carbocycles. The first-order valence-electron chi connectivity index (χ1n) is 9.94. The van der Waals surface area contributed by atoms with Crippen molar-refractivity contribution >= 4 is 23.5 Å². The Morgan fingerprint density at radius 1 is 1.00 bits per heavy atom. The summed E-state index contributed by atoms with van der Waals surface area (Å²) in [5.41, 5.74) is 2.20. The number of amides is 1. The number of benzene rings is 3. The van der Waals surface area contributed by atoms with Gasteiger partial charge in [-0.1, -0.05) is 60.7 Å². The van der Waals surface area contributed by atoms with Gasteiger partial charge in [0.25, 0.3) is 5.69 Å². The van der Waals surface area contributed by atoms with E-state index in [9.17, 15) is 30.1 Å². The Balaban J connectivity index is 1.58. The number of nitrogens with one attached hydrogen (secondary N) is 1. The first-order chi connectivity index (χ1) is 15.8. The minimum Gasteiger partial charge on any atom is -0.502 e. The Morgan fingerprint density at radius 3 is 2.09 bits per heavy atom. The predicted molar refractivity (Wildman–Crippen MR) is 119 cm³/mol. The van der Waals surface area contributed by atoms with E-state index in [-0.39, 0.29) is 11.5 Å². The molecule has 10 heteroatoms. The van der Waals surface area contributed by atoms with Crippen LogP contribution in [-0.2, 0) is 10.2 Å². The van der Waals surface area contributed by atoms with E-state index in [1.54, 1.807) is 0 Å². The minimum atomic E-state index is -0.934. The third-order valence-electron chi connectivity index (χ3n) is 5.75. The van der Waals surface area contributed by atoms with Gasteiger partial charge < -0.3 is 5.11 Å². The molecule has 1 fully saturated rings. The van der Waals surface area contributed by atoms with Crippen LogP contribution in [0.3, 0.4) is 0 Å². The van der Waals surface area contributed by atoms with Gasteiger partial charge in [0.05, 0.1) is 33.6 Å². The zero-order valence-corrected chi connectivity index (χ0v) is 17.1. The number of phenols is 1. The van der Waals surface area contributed by atoms with Gasteiger partial charge in [-0.15, -0.1) is 0 Å². The van der Waals surface area contributed by atoms with Crippen molar-refractivity contribution in [2.75, 3.05) is 0 Å². The number of phenolic OH excluding ortho intramolecular Hbond substituents is 1. The number of aromatic hydroxyl groups is 1. The number of rotatable bonds is 7. The van der Waals surface area contributed by atoms with Crippen LogP contribution in [0, 0.1) is 26.1 Å². The average Bonchev–Trinajstić information content (AvgIpc) is 3.58. The molecule has 1 atom stereocenters. The largest absolute Gasteiger partial charge is 0.502 e. The maximum atomic E-state index is 12.9. The first kappa shape index (κ1) is 21.6. The fourth-order valence-corrected chi connectivity index (χ4v) is 4.07. The molecule has 4 rings (SSSR count). The number of nitro groups is 2. The molecule has 1 saturated carbocycles. The van der Waals surface area contributed by atoms with E-state index in [1.165, 1.54) is 0 Å². The Kier molecular flexibility index (Phi) is 5.57. The van der Waals surface area contributed by atoms with Crippen LogP contribution in [0.4, 0.5) is 11.4 Å². The monoisotopic (exact) mass is 446 g/mol. The molecule has 2 N–H and O–H groups in total. The van der Waals surface area contributed by atoms with Gasteiger partial charge in [0.15, 0.2) is 0 Å². The Morgan fingerprint density at radius 2 is 1.58 bits per heavy atom. The summed E-state index contributed by atoms with van der Waals surface area (Å²) in [7, 11) is 0. The van der Waals surface area contributed by atoms with Crippen LogP contribution in [0.15, 0.2) is 77.9 Å². The molecule has 0 spiro atoms. The Labute approximate surface area is 187 Å². The number of non-ortho nitro benzene ring substituents is 1. The molecule has 10 nitrogen and oxygen atoms in total. The van der Waals surface area contributed by atoms with Gasteiger partial charge in [-0.05, 0) is 17.5 Å². The standard InChI is InChI=1S/C23H18N4O6/c28-21-15(11-18(26(30)31)12-20(21)27(32)33)14-24-25-22(29)19-13-23(19,16-7-3-1-4-8-16)17-9-5-2-6-10-17/h1-12,14,19,28H,13H2,(H,25,29)/b24-14-. The number of nitro benzene ring substituents is 2. The minimum absolute atomic E-state index is 0.260. The molecular weight excluding hydrogens is 428 g/mol. The van der Waals surface area contributed by atoms with Crippen molar-refractivity contribution in [2.45, 2.75) is 11.8 Å². The molecule has 0 aromatic heterocycles. The molecule has 3 aromatic rings. The van der Waals surface area contributed by atoms with Gasteiger partial charge in [0, 0.05) is 11.5 Å². The van der Waals surface area contributed by atoms with Crippen LogP contribution < -0.4 is 5.43 Å². The highest BCUT2D eigenvalue weighted by Gasteiger charge is 2.60. The van der Waals surface area contributed by atoms with Crippen molar-refractivity contribution in [3.63, 3.8) is 0 Å². The van der Waals surface area contributed by atoms with E-state index >= 15 is 0 Å². The lowest BCUT2D eigenvalue weighted by atomic mass is 9.85. The summed E-state index contributed by atoms with van der Waals surface area (Å²) in [6.45, 7) is 0. The van der Waals surface area contributed by atoms with Crippen LogP contribution in [0.5, 0.6) is 5.75 Å². The van der Waals surface area contributed by atoms with Crippen molar-refractivity contribution in [3.05, 3.63) is 110 Å². The maximum Gasteiger partial charge on any atom is 0.318 e. The molecular formula is C23H18N4O6. The Bertz CT molecular complexity index is 1220. The highest BCUT2D eigenvalue weighted by Crippen LogP contribution is 2.58. The SMILES string of the molecule is O=C(N/N=C\c1cc([N+](=O)[O-])cc([N+](=O)[O-])c1O)C1CC1(c1ccccc1)c1ccccc1. The van der Waals surface area contributed by atoms with Gasteiger partial charge in [0.1, 0.15) is 0 Å². The molecule has 166 valence electrons. The average molecular weight is 446 g/mol. The van der Waals surface area contributed by atoms with Gasteiger partial charge in [0.2, 0.25) is 11.7 Å². The van der Waals surface area contributed by atoms with E-state index in [4.69, 9.17) is 0 Å². The van der Waals surface area contributed by atoms with E-state index in [2.05, 4.69) is 10.5 Å². The second kappa shape index (κ2) is 8.50. The third-order valence-corrected chi connectivity index (χ3v) is 5.75. The molecule has 0 radical (unpaired) electrons. The van der Waals surface area contributed by atoms with Gasteiger partial charge >= 0.3 is 5.69 Å². The molecule has 0 aliphatic heterocycles. The number of carbonyl (C=O) groups is 1. The third kappa shape index (κ3) is 4.01. The summed E-state index contributed by atoms with van der Waals surface area (Å²) >= 11 is 0. The van der Waals surface area contributed by atoms with Crippen molar-refractivity contribution in [3.8, 4) is 5.75 Å². The summed E-state index contributed by atoms with van der Waals surface area (Å²) in [5.74, 6) is -1.57. The molecule has 1 aliphatic rings.